The number of methoxy groups -OCH3 is 1. The van der Waals surface area contributed by atoms with Gasteiger partial charge < -0.3 is 14.8 Å². The lowest BCUT2D eigenvalue weighted by Gasteiger charge is -2.03. The molecule has 0 aromatic rings. The average molecular weight is 171 g/mol. The fourth-order valence-electron chi connectivity index (χ4n) is 0.981. The molecule has 0 unspecified atom stereocenters. The summed E-state index contributed by atoms with van der Waals surface area (Å²) in [5.74, 6) is -0.320. The summed E-state index contributed by atoms with van der Waals surface area (Å²) in [5.41, 5.74) is 0.888. The molecular formula is C8H13NO3. The van der Waals surface area contributed by atoms with Crippen molar-refractivity contribution in [2.75, 3.05) is 26.9 Å². The molecule has 1 fully saturated rings. The van der Waals surface area contributed by atoms with E-state index in [4.69, 9.17) is 4.74 Å². The first-order valence-electron chi connectivity index (χ1n) is 3.93. The Labute approximate surface area is 71.5 Å². The van der Waals surface area contributed by atoms with Gasteiger partial charge in [-0.05, 0) is 0 Å². The van der Waals surface area contributed by atoms with Crippen molar-refractivity contribution in [2.24, 2.45) is 0 Å². The van der Waals surface area contributed by atoms with E-state index in [2.05, 4.69) is 10.1 Å². The highest BCUT2D eigenvalue weighted by Crippen LogP contribution is 2.01. The SMILES string of the molecule is COC(=O)C=C1CCOCCN1. The van der Waals surface area contributed by atoms with Crippen molar-refractivity contribution in [3.05, 3.63) is 11.8 Å². The molecule has 0 aliphatic carbocycles. The van der Waals surface area contributed by atoms with Gasteiger partial charge in [-0.3, -0.25) is 0 Å². The Hall–Kier alpha value is -1.03. The number of carbonyl (C=O) groups excluding carboxylic acids is 1. The van der Waals surface area contributed by atoms with Crippen LogP contribution in [0, 0.1) is 0 Å². The van der Waals surface area contributed by atoms with Crippen LogP contribution in [0.3, 0.4) is 0 Å². The molecule has 0 aromatic carbocycles. The van der Waals surface area contributed by atoms with E-state index in [-0.39, 0.29) is 5.97 Å². The van der Waals surface area contributed by atoms with E-state index < -0.39 is 0 Å². The number of hydrogen-bond donors (Lipinski definition) is 1. The zero-order chi connectivity index (χ0) is 8.81. The molecule has 0 bridgehead atoms. The molecule has 0 amide bonds. The number of hydrogen-bond acceptors (Lipinski definition) is 4. The van der Waals surface area contributed by atoms with Crippen molar-refractivity contribution in [3.8, 4) is 0 Å². The number of carbonyl (C=O) groups is 1. The molecule has 1 N–H and O–H groups in total. The minimum absolute atomic E-state index is 0.320. The Balaban J connectivity index is 2.47. The summed E-state index contributed by atoms with van der Waals surface area (Å²) in [5, 5.41) is 3.08. The van der Waals surface area contributed by atoms with Crippen LogP contribution in [0.1, 0.15) is 6.42 Å². The minimum atomic E-state index is -0.320. The summed E-state index contributed by atoms with van der Waals surface area (Å²) >= 11 is 0. The number of ether oxygens (including phenoxy) is 2. The van der Waals surface area contributed by atoms with E-state index in [0.29, 0.717) is 13.2 Å². The van der Waals surface area contributed by atoms with Crippen molar-refractivity contribution < 1.29 is 14.3 Å². The van der Waals surface area contributed by atoms with Crippen LogP contribution < -0.4 is 5.32 Å². The zero-order valence-electron chi connectivity index (χ0n) is 7.13. The van der Waals surface area contributed by atoms with Gasteiger partial charge in [0.1, 0.15) is 0 Å². The quantitative estimate of drug-likeness (QED) is 0.447. The lowest BCUT2D eigenvalue weighted by molar-refractivity contribution is -0.134. The predicted molar refractivity (Wildman–Crippen MR) is 43.5 cm³/mol. The molecule has 1 aliphatic heterocycles. The van der Waals surface area contributed by atoms with Crippen LogP contribution in [0.4, 0.5) is 0 Å². The van der Waals surface area contributed by atoms with Crippen molar-refractivity contribution in [1.29, 1.82) is 0 Å². The van der Waals surface area contributed by atoms with Crippen molar-refractivity contribution in [1.82, 2.24) is 5.32 Å². The standard InChI is InChI=1S/C8H13NO3/c1-11-8(10)6-7-2-4-12-5-3-9-7/h6,9H,2-5H2,1H3. The van der Waals surface area contributed by atoms with Gasteiger partial charge in [0.05, 0.1) is 20.3 Å². The van der Waals surface area contributed by atoms with Crippen LogP contribution >= 0.6 is 0 Å². The Kier molecular flexibility index (Phi) is 3.60. The van der Waals surface area contributed by atoms with Crippen LogP contribution in [0.5, 0.6) is 0 Å². The molecule has 12 heavy (non-hydrogen) atoms. The molecule has 1 heterocycles. The third kappa shape index (κ3) is 2.92. The first-order chi connectivity index (χ1) is 5.83. The summed E-state index contributed by atoms with van der Waals surface area (Å²) in [6.45, 7) is 2.11. The van der Waals surface area contributed by atoms with E-state index in [1.807, 2.05) is 0 Å². The first kappa shape index (κ1) is 9.06. The van der Waals surface area contributed by atoms with Crippen LogP contribution in [0.15, 0.2) is 11.8 Å². The molecule has 1 saturated heterocycles. The van der Waals surface area contributed by atoms with E-state index in [1.54, 1.807) is 0 Å². The van der Waals surface area contributed by atoms with Gasteiger partial charge in [0.2, 0.25) is 0 Å². The topological polar surface area (TPSA) is 47.6 Å². The van der Waals surface area contributed by atoms with E-state index >= 15 is 0 Å². The molecule has 0 atom stereocenters. The van der Waals surface area contributed by atoms with Gasteiger partial charge in [0.25, 0.3) is 0 Å². The summed E-state index contributed by atoms with van der Waals surface area (Å²) in [6.07, 6.45) is 2.21. The summed E-state index contributed by atoms with van der Waals surface area (Å²) < 4.78 is 9.68. The molecule has 1 rings (SSSR count). The maximum atomic E-state index is 10.8. The predicted octanol–water partition coefficient (Wildman–Crippen LogP) is 0.0532. The molecule has 0 spiro atoms. The van der Waals surface area contributed by atoms with Gasteiger partial charge in [0, 0.05) is 24.7 Å². The van der Waals surface area contributed by atoms with Gasteiger partial charge in [-0.25, -0.2) is 4.79 Å². The smallest absolute Gasteiger partial charge is 0.332 e. The number of rotatable bonds is 1. The van der Waals surface area contributed by atoms with Crippen LogP contribution in [-0.4, -0.2) is 32.8 Å². The van der Waals surface area contributed by atoms with Gasteiger partial charge in [0.15, 0.2) is 0 Å². The maximum Gasteiger partial charge on any atom is 0.332 e. The first-order valence-corrected chi connectivity index (χ1v) is 3.93. The van der Waals surface area contributed by atoms with E-state index in [9.17, 15) is 4.79 Å². The van der Waals surface area contributed by atoms with E-state index in [0.717, 1.165) is 18.7 Å². The minimum Gasteiger partial charge on any atom is -0.466 e. The maximum absolute atomic E-state index is 10.8. The Bertz CT molecular complexity index is 179. The molecule has 1 aliphatic rings. The second kappa shape index (κ2) is 4.77. The second-order valence-electron chi connectivity index (χ2n) is 2.48. The Morgan fingerprint density at radius 1 is 1.67 bits per heavy atom. The zero-order valence-corrected chi connectivity index (χ0v) is 7.13. The molecule has 0 saturated carbocycles. The fraction of sp³-hybridized carbons (Fsp3) is 0.625. The molecule has 68 valence electrons. The number of nitrogens with one attached hydrogen (secondary N) is 1. The molecule has 4 nitrogen and oxygen atoms in total. The van der Waals surface area contributed by atoms with E-state index in [1.165, 1.54) is 13.2 Å². The lowest BCUT2D eigenvalue weighted by Crippen LogP contribution is -2.16. The van der Waals surface area contributed by atoms with Gasteiger partial charge in [-0.15, -0.1) is 0 Å². The Morgan fingerprint density at radius 3 is 3.25 bits per heavy atom. The highest BCUT2D eigenvalue weighted by molar-refractivity contribution is 5.82. The largest absolute Gasteiger partial charge is 0.466 e. The highest BCUT2D eigenvalue weighted by atomic mass is 16.5. The van der Waals surface area contributed by atoms with Crippen molar-refractivity contribution >= 4 is 5.97 Å². The molecular weight excluding hydrogens is 158 g/mol. The summed E-state index contributed by atoms with van der Waals surface area (Å²) in [6, 6.07) is 0. The van der Waals surface area contributed by atoms with Crippen LogP contribution in [0.2, 0.25) is 0 Å². The normalized spacial score (nSPS) is 21.2. The fourth-order valence-corrected chi connectivity index (χ4v) is 0.981. The van der Waals surface area contributed by atoms with Crippen LogP contribution in [-0.2, 0) is 14.3 Å². The lowest BCUT2D eigenvalue weighted by atomic mass is 10.3. The monoisotopic (exact) mass is 171 g/mol. The second-order valence-corrected chi connectivity index (χ2v) is 2.48. The molecule has 4 heteroatoms. The summed E-state index contributed by atoms with van der Waals surface area (Å²) in [7, 11) is 1.37. The van der Waals surface area contributed by atoms with Gasteiger partial charge in [-0.2, -0.15) is 0 Å². The van der Waals surface area contributed by atoms with Crippen molar-refractivity contribution in [3.63, 3.8) is 0 Å². The Morgan fingerprint density at radius 2 is 2.50 bits per heavy atom. The highest BCUT2D eigenvalue weighted by Gasteiger charge is 2.04. The van der Waals surface area contributed by atoms with Gasteiger partial charge >= 0.3 is 5.97 Å². The number of esters is 1. The summed E-state index contributed by atoms with van der Waals surface area (Å²) in [4.78, 5) is 10.8. The van der Waals surface area contributed by atoms with Crippen LogP contribution in [0.25, 0.3) is 0 Å². The third-order valence-electron chi connectivity index (χ3n) is 1.61. The molecule has 0 aromatic heterocycles. The van der Waals surface area contributed by atoms with Crippen molar-refractivity contribution in [2.45, 2.75) is 6.42 Å². The molecule has 0 radical (unpaired) electrons. The third-order valence-corrected chi connectivity index (χ3v) is 1.61. The average Bonchev–Trinajstić information content (AvgIpc) is 2.33. The van der Waals surface area contributed by atoms with Gasteiger partial charge in [-0.1, -0.05) is 0 Å².